The summed E-state index contributed by atoms with van der Waals surface area (Å²) in [5.41, 5.74) is 0. The third-order valence-electron chi connectivity index (χ3n) is 4.57. The Morgan fingerprint density at radius 2 is 1.94 bits per heavy atom. The minimum absolute atomic E-state index is 0.0129. The van der Waals surface area contributed by atoms with Gasteiger partial charge in [0.15, 0.2) is 0 Å². The number of carbonyl (C=O) groups excluding carboxylic acids is 1. The Morgan fingerprint density at radius 1 is 1.35 bits per heavy atom. The van der Waals surface area contributed by atoms with Gasteiger partial charge < -0.3 is 9.64 Å². The zero-order chi connectivity index (χ0) is 12.4. The molecule has 1 heterocycles. The SMILES string of the molecule is CCOC(=O)C(C)C1C2CCCC1CN(C)C2. The maximum absolute atomic E-state index is 11.9. The molecule has 17 heavy (non-hydrogen) atoms. The second-order valence-electron chi connectivity index (χ2n) is 5.79. The minimum Gasteiger partial charge on any atom is -0.466 e. The molecule has 0 aromatic heterocycles. The molecular formula is C14H25NO2. The van der Waals surface area contributed by atoms with Crippen LogP contribution >= 0.6 is 0 Å². The Kier molecular flexibility index (Phi) is 4.08. The van der Waals surface area contributed by atoms with E-state index in [1.807, 2.05) is 6.92 Å². The van der Waals surface area contributed by atoms with Gasteiger partial charge in [0.05, 0.1) is 12.5 Å². The van der Waals surface area contributed by atoms with E-state index < -0.39 is 0 Å². The summed E-state index contributed by atoms with van der Waals surface area (Å²) in [6, 6.07) is 0. The van der Waals surface area contributed by atoms with E-state index in [1.54, 1.807) is 0 Å². The number of esters is 1. The number of hydrogen-bond donors (Lipinski definition) is 0. The molecule has 0 aromatic carbocycles. The van der Waals surface area contributed by atoms with Crippen LogP contribution in [0.4, 0.5) is 0 Å². The van der Waals surface area contributed by atoms with Crippen LogP contribution in [0.5, 0.6) is 0 Å². The smallest absolute Gasteiger partial charge is 0.308 e. The molecule has 2 fully saturated rings. The third-order valence-corrected chi connectivity index (χ3v) is 4.57. The molecule has 3 atom stereocenters. The lowest BCUT2D eigenvalue weighted by Gasteiger charge is -2.48. The van der Waals surface area contributed by atoms with Gasteiger partial charge in [-0.3, -0.25) is 4.79 Å². The van der Waals surface area contributed by atoms with Crippen molar-refractivity contribution in [3.05, 3.63) is 0 Å². The maximum atomic E-state index is 11.9. The molecule has 1 aliphatic heterocycles. The van der Waals surface area contributed by atoms with Gasteiger partial charge >= 0.3 is 5.97 Å². The molecule has 3 unspecified atom stereocenters. The highest BCUT2D eigenvalue weighted by Crippen LogP contribution is 2.43. The highest BCUT2D eigenvalue weighted by molar-refractivity contribution is 5.72. The number of ether oxygens (including phenoxy) is 1. The number of carbonyl (C=O) groups is 1. The van der Waals surface area contributed by atoms with Crippen LogP contribution in [0.1, 0.15) is 33.1 Å². The van der Waals surface area contributed by atoms with Crippen molar-refractivity contribution in [2.75, 3.05) is 26.7 Å². The topological polar surface area (TPSA) is 29.5 Å². The highest BCUT2D eigenvalue weighted by atomic mass is 16.5. The lowest BCUT2D eigenvalue weighted by atomic mass is 9.64. The van der Waals surface area contributed by atoms with Gasteiger partial charge in [0, 0.05) is 13.1 Å². The van der Waals surface area contributed by atoms with Crippen molar-refractivity contribution in [3.63, 3.8) is 0 Å². The van der Waals surface area contributed by atoms with Crippen molar-refractivity contribution in [1.29, 1.82) is 0 Å². The molecule has 3 heteroatoms. The zero-order valence-corrected chi connectivity index (χ0v) is 11.3. The summed E-state index contributed by atoms with van der Waals surface area (Å²) >= 11 is 0. The molecule has 0 aromatic rings. The lowest BCUT2D eigenvalue weighted by Crippen LogP contribution is -2.50. The van der Waals surface area contributed by atoms with Crippen LogP contribution in [0.25, 0.3) is 0 Å². The summed E-state index contributed by atoms with van der Waals surface area (Å²) < 4.78 is 5.20. The summed E-state index contributed by atoms with van der Waals surface area (Å²) in [6.45, 7) is 6.78. The summed E-state index contributed by atoms with van der Waals surface area (Å²) in [5, 5.41) is 0. The Hall–Kier alpha value is -0.570. The first-order chi connectivity index (χ1) is 8.13. The monoisotopic (exact) mass is 239 g/mol. The molecule has 0 N–H and O–H groups in total. The van der Waals surface area contributed by atoms with Crippen LogP contribution in [0.3, 0.4) is 0 Å². The Morgan fingerprint density at radius 3 is 2.47 bits per heavy atom. The molecule has 2 aliphatic rings. The first kappa shape index (κ1) is 12.9. The molecule has 2 bridgehead atoms. The number of nitrogens with zero attached hydrogens (tertiary/aromatic N) is 1. The van der Waals surface area contributed by atoms with Gasteiger partial charge in [-0.25, -0.2) is 0 Å². The van der Waals surface area contributed by atoms with Crippen molar-refractivity contribution in [3.8, 4) is 0 Å². The van der Waals surface area contributed by atoms with Gasteiger partial charge in [-0.2, -0.15) is 0 Å². The number of fused-ring (bicyclic) bond motifs is 2. The fraction of sp³-hybridized carbons (Fsp3) is 0.929. The second-order valence-corrected chi connectivity index (χ2v) is 5.79. The van der Waals surface area contributed by atoms with E-state index in [0.29, 0.717) is 24.4 Å². The Balaban J connectivity index is 2.06. The molecule has 0 spiro atoms. The Bertz CT molecular complexity index is 265. The Labute approximate surface area is 105 Å². The molecule has 98 valence electrons. The van der Waals surface area contributed by atoms with Crippen molar-refractivity contribution >= 4 is 5.97 Å². The first-order valence-electron chi connectivity index (χ1n) is 6.98. The average molecular weight is 239 g/mol. The van der Waals surface area contributed by atoms with E-state index in [4.69, 9.17) is 4.74 Å². The van der Waals surface area contributed by atoms with Gasteiger partial charge in [0.1, 0.15) is 0 Å². The van der Waals surface area contributed by atoms with Crippen LogP contribution in [0.2, 0.25) is 0 Å². The highest BCUT2D eigenvalue weighted by Gasteiger charge is 2.43. The van der Waals surface area contributed by atoms with Crippen LogP contribution in [-0.2, 0) is 9.53 Å². The van der Waals surface area contributed by atoms with E-state index in [0.717, 1.165) is 13.1 Å². The summed E-state index contributed by atoms with van der Waals surface area (Å²) in [7, 11) is 2.20. The molecule has 2 rings (SSSR count). The lowest BCUT2D eigenvalue weighted by molar-refractivity contribution is -0.153. The van der Waals surface area contributed by atoms with Gasteiger partial charge in [-0.1, -0.05) is 13.3 Å². The number of hydrogen-bond acceptors (Lipinski definition) is 3. The zero-order valence-electron chi connectivity index (χ0n) is 11.3. The van der Waals surface area contributed by atoms with Crippen molar-refractivity contribution in [2.24, 2.45) is 23.7 Å². The predicted octanol–water partition coefficient (Wildman–Crippen LogP) is 2.16. The first-order valence-corrected chi connectivity index (χ1v) is 6.98. The number of rotatable bonds is 3. The molecule has 1 saturated carbocycles. The second kappa shape index (κ2) is 5.38. The van der Waals surface area contributed by atoms with E-state index in [-0.39, 0.29) is 11.9 Å². The van der Waals surface area contributed by atoms with Gasteiger partial charge in [0.2, 0.25) is 0 Å². The normalized spacial score (nSPS) is 35.4. The minimum atomic E-state index is 0.0129. The molecular weight excluding hydrogens is 214 g/mol. The standard InChI is InChI=1S/C14H25NO2/c1-4-17-14(16)10(2)13-11-6-5-7-12(13)9-15(3)8-11/h10-13H,4-9H2,1-3H3. The fourth-order valence-electron chi connectivity index (χ4n) is 3.96. The van der Waals surface area contributed by atoms with E-state index in [9.17, 15) is 4.79 Å². The predicted molar refractivity (Wildman–Crippen MR) is 67.6 cm³/mol. The van der Waals surface area contributed by atoms with Crippen LogP contribution in [0.15, 0.2) is 0 Å². The molecule has 0 amide bonds. The average Bonchev–Trinajstić information content (AvgIpc) is 2.27. The van der Waals surface area contributed by atoms with Crippen molar-refractivity contribution in [1.82, 2.24) is 4.90 Å². The van der Waals surface area contributed by atoms with Crippen LogP contribution < -0.4 is 0 Å². The van der Waals surface area contributed by atoms with E-state index in [2.05, 4.69) is 18.9 Å². The molecule has 1 saturated heterocycles. The summed E-state index contributed by atoms with van der Waals surface area (Å²) in [5.74, 6) is 2.05. The van der Waals surface area contributed by atoms with Gasteiger partial charge in [-0.05, 0) is 44.6 Å². The van der Waals surface area contributed by atoms with Gasteiger partial charge in [0.25, 0.3) is 0 Å². The molecule has 1 aliphatic carbocycles. The maximum Gasteiger partial charge on any atom is 0.308 e. The van der Waals surface area contributed by atoms with Crippen molar-refractivity contribution in [2.45, 2.75) is 33.1 Å². The van der Waals surface area contributed by atoms with Crippen LogP contribution in [0, 0.1) is 23.7 Å². The third kappa shape index (κ3) is 2.65. The van der Waals surface area contributed by atoms with Crippen LogP contribution in [-0.4, -0.2) is 37.6 Å². The van der Waals surface area contributed by atoms with Crippen molar-refractivity contribution < 1.29 is 9.53 Å². The number of piperidine rings is 1. The van der Waals surface area contributed by atoms with Gasteiger partial charge in [-0.15, -0.1) is 0 Å². The van der Waals surface area contributed by atoms with E-state index in [1.165, 1.54) is 19.3 Å². The molecule has 3 nitrogen and oxygen atoms in total. The molecule has 0 radical (unpaired) electrons. The summed E-state index contributed by atoms with van der Waals surface area (Å²) in [6.07, 6.45) is 3.92. The fourth-order valence-corrected chi connectivity index (χ4v) is 3.96. The summed E-state index contributed by atoms with van der Waals surface area (Å²) in [4.78, 5) is 14.4. The number of likely N-dealkylation sites (tertiary alicyclic amines) is 1. The largest absolute Gasteiger partial charge is 0.466 e. The quantitative estimate of drug-likeness (QED) is 0.707. The van der Waals surface area contributed by atoms with E-state index >= 15 is 0 Å².